The molecular formula is C18H19Cl2NO2S2. The Kier molecular flexibility index (Phi) is 6.01. The van der Waals surface area contributed by atoms with Gasteiger partial charge in [0.2, 0.25) is 10.0 Å². The van der Waals surface area contributed by atoms with Crippen LogP contribution >= 0.6 is 35.0 Å². The highest BCUT2D eigenvalue weighted by Gasteiger charge is 2.29. The maximum absolute atomic E-state index is 12.7. The molecule has 0 spiro atoms. The van der Waals surface area contributed by atoms with Gasteiger partial charge in [-0.2, -0.15) is 4.31 Å². The molecule has 3 nitrogen and oxygen atoms in total. The van der Waals surface area contributed by atoms with E-state index in [0.717, 1.165) is 23.3 Å². The summed E-state index contributed by atoms with van der Waals surface area (Å²) < 4.78 is 27.1. The summed E-state index contributed by atoms with van der Waals surface area (Å²) in [5, 5.41) is 1.68. The summed E-state index contributed by atoms with van der Waals surface area (Å²) >= 11 is 13.9. The van der Waals surface area contributed by atoms with Crippen molar-refractivity contribution in [3.05, 3.63) is 58.1 Å². The fourth-order valence-corrected chi connectivity index (χ4v) is 5.94. The molecule has 1 fully saturated rings. The van der Waals surface area contributed by atoms with Crippen LogP contribution < -0.4 is 0 Å². The second kappa shape index (κ2) is 7.89. The Balaban J connectivity index is 1.65. The number of piperidine rings is 1. The number of aryl methyl sites for hydroxylation is 1. The minimum atomic E-state index is -3.41. The lowest BCUT2D eigenvalue weighted by Crippen LogP contribution is -2.39. The van der Waals surface area contributed by atoms with Crippen LogP contribution in [0, 0.1) is 6.92 Å². The second-order valence-electron chi connectivity index (χ2n) is 6.11. The Labute approximate surface area is 163 Å². The molecule has 1 saturated heterocycles. The van der Waals surface area contributed by atoms with E-state index in [0.29, 0.717) is 33.3 Å². The van der Waals surface area contributed by atoms with Crippen LogP contribution in [0.1, 0.15) is 18.4 Å². The van der Waals surface area contributed by atoms with Crippen LogP contribution in [-0.4, -0.2) is 31.1 Å². The molecular weight excluding hydrogens is 397 g/mol. The number of benzene rings is 2. The largest absolute Gasteiger partial charge is 0.243 e. The summed E-state index contributed by atoms with van der Waals surface area (Å²) in [4.78, 5) is 1.32. The van der Waals surface area contributed by atoms with Crippen molar-refractivity contribution in [2.24, 2.45) is 0 Å². The topological polar surface area (TPSA) is 37.4 Å². The van der Waals surface area contributed by atoms with Crippen LogP contribution in [0.5, 0.6) is 0 Å². The van der Waals surface area contributed by atoms with Gasteiger partial charge in [0.1, 0.15) is 0 Å². The van der Waals surface area contributed by atoms with E-state index in [9.17, 15) is 8.42 Å². The second-order valence-corrected chi connectivity index (χ2v) is 10.2. The van der Waals surface area contributed by atoms with E-state index in [1.165, 1.54) is 0 Å². The standard InChI is InChI=1S/C18H19Cl2NO2S2/c1-13-2-5-16(6-3-13)25(22,23)21-10-8-15(9-11-21)24-18-12-14(19)4-7-17(18)20/h2-7,12,15H,8-11H2,1H3. The first kappa shape index (κ1) is 19.1. The van der Waals surface area contributed by atoms with Gasteiger partial charge in [-0.05, 0) is 50.1 Å². The van der Waals surface area contributed by atoms with E-state index in [2.05, 4.69) is 0 Å². The first-order valence-corrected chi connectivity index (χ1v) is 11.1. The van der Waals surface area contributed by atoms with Crippen molar-refractivity contribution >= 4 is 45.0 Å². The third kappa shape index (κ3) is 4.52. The van der Waals surface area contributed by atoms with Crippen molar-refractivity contribution in [2.75, 3.05) is 13.1 Å². The molecule has 3 rings (SSSR count). The Hall–Kier alpha value is -0.720. The summed E-state index contributed by atoms with van der Waals surface area (Å²) in [7, 11) is -3.41. The van der Waals surface area contributed by atoms with Gasteiger partial charge < -0.3 is 0 Å². The van der Waals surface area contributed by atoms with Crippen LogP contribution in [0.15, 0.2) is 52.3 Å². The first-order valence-electron chi connectivity index (χ1n) is 8.05. The van der Waals surface area contributed by atoms with E-state index < -0.39 is 10.0 Å². The maximum Gasteiger partial charge on any atom is 0.243 e. The van der Waals surface area contributed by atoms with Crippen LogP contribution in [0.4, 0.5) is 0 Å². The molecule has 0 aliphatic carbocycles. The molecule has 2 aromatic carbocycles. The van der Waals surface area contributed by atoms with Crippen LogP contribution in [0.3, 0.4) is 0 Å². The zero-order valence-corrected chi connectivity index (χ0v) is 16.9. The summed E-state index contributed by atoms with van der Waals surface area (Å²) in [6, 6.07) is 12.4. The Morgan fingerprint density at radius 1 is 1.04 bits per heavy atom. The molecule has 1 aliphatic rings. The number of hydrogen-bond acceptors (Lipinski definition) is 3. The molecule has 0 amide bonds. The number of halogens is 2. The van der Waals surface area contributed by atoms with Crippen molar-refractivity contribution in [1.29, 1.82) is 0 Å². The van der Waals surface area contributed by atoms with Gasteiger partial charge in [-0.25, -0.2) is 8.42 Å². The number of nitrogens with zero attached hydrogens (tertiary/aromatic N) is 1. The monoisotopic (exact) mass is 415 g/mol. The molecule has 0 N–H and O–H groups in total. The predicted octanol–water partition coefficient (Wildman–Crippen LogP) is 5.25. The van der Waals surface area contributed by atoms with Gasteiger partial charge in [0.05, 0.1) is 9.92 Å². The molecule has 0 unspecified atom stereocenters. The summed E-state index contributed by atoms with van der Waals surface area (Å²) in [6.45, 7) is 2.98. The van der Waals surface area contributed by atoms with Crippen molar-refractivity contribution in [1.82, 2.24) is 4.31 Å². The van der Waals surface area contributed by atoms with Crippen molar-refractivity contribution < 1.29 is 8.42 Å². The van der Waals surface area contributed by atoms with E-state index in [1.807, 2.05) is 25.1 Å². The fraction of sp³-hybridized carbons (Fsp3) is 0.333. The van der Waals surface area contributed by atoms with Crippen LogP contribution in [0.2, 0.25) is 10.0 Å². The minimum absolute atomic E-state index is 0.334. The molecule has 0 atom stereocenters. The third-order valence-corrected chi connectivity index (χ3v) is 8.23. The van der Waals surface area contributed by atoms with Gasteiger partial charge in [0.25, 0.3) is 0 Å². The lowest BCUT2D eigenvalue weighted by Gasteiger charge is -2.31. The van der Waals surface area contributed by atoms with Gasteiger partial charge in [0, 0.05) is 28.3 Å². The molecule has 2 aromatic rings. The quantitative estimate of drug-likeness (QED) is 0.684. The normalized spacial score (nSPS) is 16.9. The lowest BCUT2D eigenvalue weighted by atomic mass is 10.2. The summed E-state index contributed by atoms with van der Waals surface area (Å²) in [5.41, 5.74) is 1.05. The molecule has 1 aliphatic heterocycles. The van der Waals surface area contributed by atoms with E-state index in [1.54, 1.807) is 40.3 Å². The van der Waals surface area contributed by atoms with Crippen LogP contribution in [0.25, 0.3) is 0 Å². The lowest BCUT2D eigenvalue weighted by molar-refractivity contribution is 0.352. The number of rotatable bonds is 4. The average molecular weight is 416 g/mol. The van der Waals surface area contributed by atoms with Crippen molar-refractivity contribution in [2.45, 2.75) is 34.8 Å². The van der Waals surface area contributed by atoms with E-state index in [4.69, 9.17) is 23.2 Å². The molecule has 0 radical (unpaired) electrons. The third-order valence-electron chi connectivity index (χ3n) is 4.25. The fourth-order valence-electron chi connectivity index (χ4n) is 2.80. The molecule has 0 saturated carbocycles. The molecule has 0 bridgehead atoms. The van der Waals surface area contributed by atoms with Gasteiger partial charge >= 0.3 is 0 Å². The highest BCUT2D eigenvalue weighted by atomic mass is 35.5. The first-order chi connectivity index (χ1) is 11.9. The van der Waals surface area contributed by atoms with Gasteiger partial charge in [-0.3, -0.25) is 0 Å². The highest BCUT2D eigenvalue weighted by Crippen LogP contribution is 2.37. The van der Waals surface area contributed by atoms with E-state index >= 15 is 0 Å². The van der Waals surface area contributed by atoms with Crippen LogP contribution in [-0.2, 0) is 10.0 Å². The molecule has 134 valence electrons. The average Bonchev–Trinajstić information content (AvgIpc) is 2.59. The summed E-state index contributed by atoms with van der Waals surface area (Å²) in [6.07, 6.45) is 1.58. The van der Waals surface area contributed by atoms with Crippen molar-refractivity contribution in [3.63, 3.8) is 0 Å². The zero-order valence-electron chi connectivity index (χ0n) is 13.8. The van der Waals surface area contributed by atoms with Gasteiger partial charge in [-0.15, -0.1) is 11.8 Å². The molecule has 0 aromatic heterocycles. The number of sulfonamides is 1. The van der Waals surface area contributed by atoms with Gasteiger partial charge in [0.15, 0.2) is 0 Å². The minimum Gasteiger partial charge on any atom is -0.207 e. The molecule has 1 heterocycles. The Morgan fingerprint density at radius 2 is 1.68 bits per heavy atom. The van der Waals surface area contributed by atoms with Crippen molar-refractivity contribution in [3.8, 4) is 0 Å². The number of hydrogen-bond donors (Lipinski definition) is 0. The SMILES string of the molecule is Cc1ccc(S(=O)(=O)N2CCC(Sc3cc(Cl)ccc3Cl)CC2)cc1. The zero-order chi connectivity index (χ0) is 18.0. The smallest absolute Gasteiger partial charge is 0.207 e. The summed E-state index contributed by atoms with van der Waals surface area (Å²) in [5.74, 6) is 0. The predicted molar refractivity (Wildman–Crippen MR) is 105 cm³/mol. The number of thioether (sulfide) groups is 1. The van der Waals surface area contributed by atoms with Gasteiger partial charge in [-0.1, -0.05) is 40.9 Å². The Morgan fingerprint density at radius 3 is 2.32 bits per heavy atom. The molecule has 7 heteroatoms. The highest BCUT2D eigenvalue weighted by molar-refractivity contribution is 8.00. The Bertz CT molecular complexity index is 846. The molecule has 25 heavy (non-hydrogen) atoms. The van der Waals surface area contributed by atoms with E-state index in [-0.39, 0.29) is 0 Å². The maximum atomic E-state index is 12.7.